The van der Waals surface area contributed by atoms with Crippen molar-refractivity contribution in [3.05, 3.63) is 54.0 Å². The Morgan fingerprint density at radius 1 is 1.11 bits per heavy atom. The van der Waals surface area contributed by atoms with Crippen molar-refractivity contribution in [3.63, 3.8) is 0 Å². The van der Waals surface area contributed by atoms with Crippen LogP contribution in [0.5, 0.6) is 6.01 Å². The molecule has 3 fully saturated rings. The quantitative estimate of drug-likeness (QED) is 0.282. The molecule has 2 aromatic carbocycles. The predicted molar refractivity (Wildman–Crippen MR) is 160 cm³/mol. The molecule has 3 aliphatic heterocycles. The van der Waals surface area contributed by atoms with Gasteiger partial charge in [0.1, 0.15) is 29.8 Å². The summed E-state index contributed by atoms with van der Waals surface area (Å²) < 4.78 is 66.5. The van der Waals surface area contributed by atoms with Crippen molar-refractivity contribution in [1.82, 2.24) is 24.8 Å². The van der Waals surface area contributed by atoms with Crippen LogP contribution in [0.2, 0.25) is 0 Å². The Labute approximate surface area is 260 Å². The molecule has 0 unspecified atom stereocenters. The van der Waals surface area contributed by atoms with Gasteiger partial charge in [-0.2, -0.15) is 15.2 Å². The summed E-state index contributed by atoms with van der Waals surface area (Å²) in [6.07, 6.45) is 1.04. The molecular weight excluding hydrogens is 606 g/mol. The Balaban J connectivity index is 1.34. The van der Waals surface area contributed by atoms with E-state index in [4.69, 9.17) is 4.74 Å². The first-order valence-electron chi connectivity index (χ1n) is 15.1. The maximum Gasteiger partial charge on any atom is 0.407 e. The summed E-state index contributed by atoms with van der Waals surface area (Å²) in [6.45, 7) is 1.46. The lowest BCUT2D eigenvalue weighted by molar-refractivity contribution is 0.107. The summed E-state index contributed by atoms with van der Waals surface area (Å²) in [6, 6.07) is 8.18. The minimum atomic E-state index is -1.16. The van der Waals surface area contributed by atoms with E-state index in [-0.39, 0.29) is 72.0 Å². The third-order valence-electron chi connectivity index (χ3n) is 9.42. The number of halogens is 4. The Morgan fingerprint density at radius 2 is 1.96 bits per heavy atom. The predicted octanol–water partition coefficient (Wildman–Crippen LogP) is 5.30. The number of piperazine rings is 1. The molecule has 7 rings (SSSR count). The Hall–Kier alpha value is -4.77. The van der Waals surface area contributed by atoms with E-state index >= 15 is 8.78 Å². The van der Waals surface area contributed by atoms with Crippen molar-refractivity contribution in [1.29, 1.82) is 5.26 Å². The molecule has 14 heteroatoms. The molecular formula is C32H29F4N7O3. The molecule has 4 aromatic rings. The van der Waals surface area contributed by atoms with Gasteiger partial charge in [0.15, 0.2) is 17.5 Å². The number of carboxylic acid groups (broad SMARTS) is 1. The number of carbonyl (C=O) groups is 1. The Bertz CT molecular complexity index is 1910. The smallest absolute Gasteiger partial charge is 0.407 e. The van der Waals surface area contributed by atoms with E-state index in [2.05, 4.69) is 19.9 Å². The number of amides is 1. The van der Waals surface area contributed by atoms with E-state index in [1.54, 1.807) is 17.0 Å². The summed E-state index contributed by atoms with van der Waals surface area (Å²) in [5, 5.41) is 19.5. The third kappa shape index (κ3) is 4.99. The Kier molecular flexibility index (Phi) is 7.51. The first-order valence-corrected chi connectivity index (χ1v) is 15.1. The second kappa shape index (κ2) is 11.5. The summed E-state index contributed by atoms with van der Waals surface area (Å²) in [5.41, 5.74) is -0.948. The van der Waals surface area contributed by atoms with Gasteiger partial charge in [0, 0.05) is 49.7 Å². The SMILES string of the molecule is N#CC[C@H]1CN(c2nc(OC[C@@]34CCCN3C[C@H](F)C4)nc3c(F)c(-c4cccc5ccc(F)c(F)c45)ncc23)CCN1C(=O)O. The molecule has 238 valence electrons. The lowest BCUT2D eigenvalue weighted by atomic mass is 9.95. The molecule has 0 bridgehead atoms. The van der Waals surface area contributed by atoms with Crippen molar-refractivity contribution in [2.45, 2.75) is 43.4 Å². The number of ether oxygens (including phenoxy) is 1. The lowest BCUT2D eigenvalue weighted by Gasteiger charge is -2.40. The van der Waals surface area contributed by atoms with Gasteiger partial charge in [-0.15, -0.1) is 0 Å². The topological polar surface area (TPSA) is 119 Å². The molecule has 2 aromatic heterocycles. The summed E-state index contributed by atoms with van der Waals surface area (Å²) in [5.74, 6) is -2.91. The van der Waals surface area contributed by atoms with Crippen molar-refractivity contribution < 1.29 is 32.2 Å². The number of pyridine rings is 1. The summed E-state index contributed by atoms with van der Waals surface area (Å²) >= 11 is 0. The van der Waals surface area contributed by atoms with Crippen LogP contribution in [0.25, 0.3) is 32.9 Å². The zero-order valence-electron chi connectivity index (χ0n) is 24.6. The van der Waals surface area contributed by atoms with E-state index in [0.717, 1.165) is 25.5 Å². The van der Waals surface area contributed by atoms with E-state index in [0.29, 0.717) is 18.4 Å². The van der Waals surface area contributed by atoms with E-state index in [9.17, 15) is 23.9 Å². The van der Waals surface area contributed by atoms with Gasteiger partial charge in [0.05, 0.1) is 29.5 Å². The molecule has 3 saturated heterocycles. The van der Waals surface area contributed by atoms with Crippen molar-refractivity contribution in [2.75, 3.05) is 44.2 Å². The first-order chi connectivity index (χ1) is 22.2. The zero-order valence-corrected chi connectivity index (χ0v) is 24.6. The minimum Gasteiger partial charge on any atom is -0.465 e. The van der Waals surface area contributed by atoms with Gasteiger partial charge in [-0.1, -0.05) is 24.3 Å². The average Bonchev–Trinajstić information content (AvgIpc) is 3.57. The number of fused-ring (bicyclic) bond motifs is 3. The number of nitriles is 1. The standard InChI is InChI=1S/C32H29F4N7O3/c33-19-13-32(8-2-10-42(32)15-19)17-46-30-39-28-22(29(40-30)41-11-12-43(31(44)45)20(16-41)7-9-37)14-38-27(26(28)36)21-4-1-3-18-5-6-23(34)25(35)24(18)21/h1,3-6,14,19-20H,2,7-8,10-13,15-17H2,(H,44,45)/t19-,20+,32+/m1/s1. The fourth-order valence-electron chi connectivity index (χ4n) is 7.25. The highest BCUT2D eigenvalue weighted by Gasteiger charge is 2.49. The van der Waals surface area contributed by atoms with Crippen LogP contribution < -0.4 is 9.64 Å². The maximum atomic E-state index is 16.6. The van der Waals surface area contributed by atoms with Crippen LogP contribution in [0.3, 0.4) is 0 Å². The summed E-state index contributed by atoms with van der Waals surface area (Å²) in [4.78, 5) is 30.2. The van der Waals surface area contributed by atoms with Crippen LogP contribution in [-0.2, 0) is 0 Å². The molecule has 1 amide bonds. The van der Waals surface area contributed by atoms with Crippen LogP contribution in [0, 0.1) is 28.8 Å². The number of rotatable bonds is 6. The van der Waals surface area contributed by atoms with Gasteiger partial charge >= 0.3 is 12.1 Å². The van der Waals surface area contributed by atoms with E-state index in [1.807, 2.05) is 6.07 Å². The molecule has 1 N–H and O–H groups in total. The number of benzene rings is 2. The van der Waals surface area contributed by atoms with E-state index in [1.165, 1.54) is 23.2 Å². The van der Waals surface area contributed by atoms with Gasteiger partial charge in [0.25, 0.3) is 0 Å². The average molecular weight is 636 g/mol. The number of alkyl halides is 1. The van der Waals surface area contributed by atoms with Crippen LogP contribution in [-0.4, -0.2) is 93.0 Å². The number of anilines is 1. The highest BCUT2D eigenvalue weighted by Crippen LogP contribution is 2.41. The normalized spacial score (nSPS) is 23.2. The molecule has 3 aliphatic rings. The Morgan fingerprint density at radius 3 is 2.76 bits per heavy atom. The molecule has 10 nitrogen and oxygen atoms in total. The minimum absolute atomic E-state index is 0.0288. The molecule has 0 radical (unpaired) electrons. The monoisotopic (exact) mass is 635 g/mol. The van der Waals surface area contributed by atoms with E-state index < -0.39 is 41.3 Å². The van der Waals surface area contributed by atoms with Crippen LogP contribution in [0.1, 0.15) is 25.7 Å². The number of nitrogens with zero attached hydrogens (tertiary/aromatic N) is 7. The number of hydrogen-bond acceptors (Lipinski definition) is 8. The van der Waals surface area contributed by atoms with Gasteiger partial charge in [-0.05, 0) is 30.8 Å². The number of hydrogen-bond donors (Lipinski definition) is 1. The lowest BCUT2D eigenvalue weighted by Crippen LogP contribution is -2.55. The van der Waals surface area contributed by atoms with Gasteiger partial charge < -0.3 is 19.6 Å². The molecule has 3 atom stereocenters. The van der Waals surface area contributed by atoms with Gasteiger partial charge in [-0.25, -0.2) is 22.4 Å². The highest BCUT2D eigenvalue weighted by molar-refractivity contribution is 5.99. The second-order valence-corrected chi connectivity index (χ2v) is 12.1. The van der Waals surface area contributed by atoms with Crippen LogP contribution >= 0.6 is 0 Å². The zero-order chi connectivity index (χ0) is 32.2. The molecule has 46 heavy (non-hydrogen) atoms. The van der Waals surface area contributed by atoms with Gasteiger partial charge in [0.2, 0.25) is 0 Å². The first kappa shape index (κ1) is 29.9. The maximum absolute atomic E-state index is 16.6. The molecule has 0 saturated carbocycles. The highest BCUT2D eigenvalue weighted by atomic mass is 19.2. The van der Waals surface area contributed by atoms with Crippen molar-refractivity contribution in [3.8, 4) is 23.3 Å². The largest absolute Gasteiger partial charge is 0.465 e. The fourth-order valence-corrected chi connectivity index (χ4v) is 7.25. The molecule has 0 spiro atoms. The van der Waals surface area contributed by atoms with Crippen molar-refractivity contribution >= 4 is 33.6 Å². The number of aromatic nitrogens is 3. The van der Waals surface area contributed by atoms with Crippen molar-refractivity contribution in [2.24, 2.45) is 0 Å². The molecule has 5 heterocycles. The third-order valence-corrected chi connectivity index (χ3v) is 9.42. The second-order valence-electron chi connectivity index (χ2n) is 12.1. The van der Waals surface area contributed by atoms with Crippen LogP contribution in [0.4, 0.5) is 28.2 Å². The summed E-state index contributed by atoms with van der Waals surface area (Å²) in [7, 11) is 0. The van der Waals surface area contributed by atoms with Crippen LogP contribution in [0.15, 0.2) is 36.5 Å². The fraction of sp³-hybridized carbons (Fsp3) is 0.406. The molecule has 0 aliphatic carbocycles. The van der Waals surface area contributed by atoms with Gasteiger partial charge in [-0.3, -0.25) is 9.88 Å².